The molecule has 96 valence electrons. The van der Waals surface area contributed by atoms with Crippen molar-refractivity contribution in [3.05, 3.63) is 58.4 Å². The molecule has 0 amide bonds. The van der Waals surface area contributed by atoms with Crippen molar-refractivity contribution in [2.24, 2.45) is 5.73 Å². The molecular weight excluding hydrogens is 256 g/mol. The third-order valence-corrected chi connectivity index (χ3v) is 4.12. The zero-order chi connectivity index (χ0) is 13.2. The number of aromatic nitrogens is 1. The van der Waals surface area contributed by atoms with Crippen LogP contribution in [0.1, 0.15) is 16.5 Å². The number of nitrogens with zero attached hydrogens (tertiary/aromatic N) is 1. The van der Waals surface area contributed by atoms with E-state index >= 15 is 0 Å². The summed E-state index contributed by atoms with van der Waals surface area (Å²) in [6, 6.07) is 12.0. The van der Waals surface area contributed by atoms with Crippen LogP contribution >= 0.6 is 11.3 Å². The van der Waals surface area contributed by atoms with E-state index < -0.39 is 0 Å². The first-order valence-electron chi connectivity index (χ1n) is 6.00. The Morgan fingerprint density at radius 1 is 1.26 bits per heavy atom. The van der Waals surface area contributed by atoms with Gasteiger partial charge in [-0.1, -0.05) is 12.1 Å². The monoisotopic (exact) mass is 270 g/mol. The molecule has 2 heterocycles. The van der Waals surface area contributed by atoms with Crippen molar-refractivity contribution >= 4 is 22.2 Å². The Kier molecular flexibility index (Phi) is 3.19. The summed E-state index contributed by atoms with van der Waals surface area (Å²) in [4.78, 5) is 5.41. The maximum atomic E-state index is 6.31. The molecule has 0 aliphatic heterocycles. The summed E-state index contributed by atoms with van der Waals surface area (Å²) in [6.07, 6.45) is 1.80. The number of thiophene rings is 1. The molecule has 4 heteroatoms. The van der Waals surface area contributed by atoms with Crippen molar-refractivity contribution < 1.29 is 4.74 Å². The average Bonchev–Trinajstić information content (AvgIpc) is 2.95. The highest BCUT2D eigenvalue weighted by atomic mass is 32.1. The Hall–Kier alpha value is -1.91. The Morgan fingerprint density at radius 2 is 2.16 bits per heavy atom. The van der Waals surface area contributed by atoms with Crippen LogP contribution in [0.4, 0.5) is 0 Å². The van der Waals surface area contributed by atoms with Gasteiger partial charge in [0.1, 0.15) is 5.75 Å². The van der Waals surface area contributed by atoms with Gasteiger partial charge in [-0.05, 0) is 29.8 Å². The number of hydrogen-bond donors (Lipinski definition) is 1. The predicted octanol–water partition coefficient (Wildman–Crippen LogP) is 3.35. The molecule has 2 aromatic heterocycles. The fourth-order valence-corrected chi connectivity index (χ4v) is 2.94. The second-order valence-electron chi connectivity index (χ2n) is 4.32. The summed E-state index contributed by atoms with van der Waals surface area (Å²) in [6.45, 7) is 0. The molecule has 0 saturated heterocycles. The number of benzene rings is 1. The first-order chi connectivity index (χ1) is 9.28. The predicted molar refractivity (Wildman–Crippen MR) is 78.6 cm³/mol. The first kappa shape index (κ1) is 12.1. The topological polar surface area (TPSA) is 48.1 Å². The van der Waals surface area contributed by atoms with Gasteiger partial charge in [0.2, 0.25) is 0 Å². The number of methoxy groups -OCH3 is 1. The average molecular weight is 270 g/mol. The van der Waals surface area contributed by atoms with Crippen LogP contribution in [0, 0.1) is 0 Å². The van der Waals surface area contributed by atoms with E-state index in [9.17, 15) is 0 Å². The SMILES string of the molecule is COc1csc(C(N)c2ccc3ncccc3c2)c1. The fraction of sp³-hybridized carbons (Fsp3) is 0.133. The second-order valence-corrected chi connectivity index (χ2v) is 5.26. The molecule has 0 spiro atoms. The zero-order valence-electron chi connectivity index (χ0n) is 10.5. The van der Waals surface area contributed by atoms with Crippen molar-refractivity contribution in [2.75, 3.05) is 7.11 Å². The second kappa shape index (κ2) is 4.99. The lowest BCUT2D eigenvalue weighted by atomic mass is 10.0. The minimum atomic E-state index is -0.126. The molecule has 3 nitrogen and oxygen atoms in total. The van der Waals surface area contributed by atoms with E-state index in [0.29, 0.717) is 0 Å². The smallest absolute Gasteiger partial charge is 0.129 e. The van der Waals surface area contributed by atoms with Gasteiger partial charge in [0.25, 0.3) is 0 Å². The number of fused-ring (bicyclic) bond motifs is 1. The fourth-order valence-electron chi connectivity index (χ4n) is 2.06. The minimum absolute atomic E-state index is 0.126. The van der Waals surface area contributed by atoms with Crippen LogP contribution in [-0.2, 0) is 0 Å². The van der Waals surface area contributed by atoms with E-state index in [2.05, 4.69) is 11.1 Å². The maximum absolute atomic E-state index is 6.31. The third-order valence-electron chi connectivity index (χ3n) is 3.12. The van der Waals surface area contributed by atoms with E-state index in [0.717, 1.165) is 27.1 Å². The molecule has 3 rings (SSSR count). The summed E-state index contributed by atoms with van der Waals surface area (Å²) in [7, 11) is 1.67. The maximum Gasteiger partial charge on any atom is 0.129 e. The molecule has 3 aromatic rings. The number of pyridine rings is 1. The van der Waals surface area contributed by atoms with E-state index in [-0.39, 0.29) is 6.04 Å². The van der Waals surface area contributed by atoms with Crippen molar-refractivity contribution in [1.82, 2.24) is 4.98 Å². The van der Waals surface area contributed by atoms with Gasteiger partial charge < -0.3 is 10.5 Å². The number of ether oxygens (including phenoxy) is 1. The minimum Gasteiger partial charge on any atom is -0.496 e. The van der Waals surface area contributed by atoms with Gasteiger partial charge in [-0.25, -0.2) is 0 Å². The first-order valence-corrected chi connectivity index (χ1v) is 6.88. The van der Waals surface area contributed by atoms with Crippen LogP contribution in [0.3, 0.4) is 0 Å². The van der Waals surface area contributed by atoms with Crippen molar-refractivity contribution in [3.63, 3.8) is 0 Å². The van der Waals surface area contributed by atoms with Crippen molar-refractivity contribution in [3.8, 4) is 5.75 Å². The summed E-state index contributed by atoms with van der Waals surface area (Å²) in [5.74, 6) is 0.859. The molecule has 1 atom stereocenters. The normalized spacial score (nSPS) is 12.5. The highest BCUT2D eigenvalue weighted by Crippen LogP contribution is 2.30. The van der Waals surface area contributed by atoms with E-state index in [4.69, 9.17) is 10.5 Å². The molecule has 1 aromatic carbocycles. The van der Waals surface area contributed by atoms with Gasteiger partial charge in [0.15, 0.2) is 0 Å². The molecule has 0 saturated carbocycles. The molecule has 19 heavy (non-hydrogen) atoms. The lowest BCUT2D eigenvalue weighted by molar-refractivity contribution is 0.416. The summed E-state index contributed by atoms with van der Waals surface area (Å²) in [5, 5.41) is 3.08. The highest BCUT2D eigenvalue weighted by molar-refractivity contribution is 7.10. The molecular formula is C15H14N2OS. The Bertz CT molecular complexity index is 708. The van der Waals surface area contributed by atoms with Crippen molar-refractivity contribution in [1.29, 1.82) is 0 Å². The van der Waals surface area contributed by atoms with Crippen LogP contribution in [0.15, 0.2) is 48.0 Å². The van der Waals surface area contributed by atoms with Gasteiger partial charge in [0, 0.05) is 21.8 Å². The molecule has 2 N–H and O–H groups in total. The van der Waals surface area contributed by atoms with Crippen LogP contribution in [-0.4, -0.2) is 12.1 Å². The number of rotatable bonds is 3. The Labute approximate surface area is 115 Å². The lowest BCUT2D eigenvalue weighted by Gasteiger charge is -2.10. The number of nitrogens with two attached hydrogens (primary N) is 1. The van der Waals surface area contributed by atoms with Gasteiger partial charge >= 0.3 is 0 Å². The van der Waals surface area contributed by atoms with Crippen LogP contribution in [0.5, 0.6) is 5.75 Å². The van der Waals surface area contributed by atoms with Crippen LogP contribution in [0.2, 0.25) is 0 Å². The quantitative estimate of drug-likeness (QED) is 0.794. The van der Waals surface area contributed by atoms with Gasteiger partial charge in [-0.2, -0.15) is 0 Å². The van der Waals surface area contributed by atoms with Crippen molar-refractivity contribution in [2.45, 2.75) is 6.04 Å². The molecule has 0 aliphatic carbocycles. The van der Waals surface area contributed by atoms with E-state index in [1.807, 2.05) is 35.7 Å². The standard InChI is InChI=1S/C15H14N2OS/c1-18-12-8-14(19-9-12)15(16)11-4-5-13-10(7-11)3-2-6-17-13/h2-9,15H,16H2,1H3. The molecule has 1 unspecified atom stereocenters. The largest absolute Gasteiger partial charge is 0.496 e. The Morgan fingerprint density at radius 3 is 2.95 bits per heavy atom. The molecule has 0 bridgehead atoms. The zero-order valence-corrected chi connectivity index (χ0v) is 11.4. The van der Waals surface area contributed by atoms with Crippen LogP contribution in [0.25, 0.3) is 10.9 Å². The summed E-state index contributed by atoms with van der Waals surface area (Å²) in [5.41, 5.74) is 8.39. The van der Waals surface area contributed by atoms with E-state index in [1.165, 1.54) is 0 Å². The Balaban J connectivity index is 1.98. The summed E-state index contributed by atoms with van der Waals surface area (Å²) < 4.78 is 5.20. The van der Waals surface area contributed by atoms with Gasteiger partial charge in [0.05, 0.1) is 18.7 Å². The van der Waals surface area contributed by atoms with Gasteiger partial charge in [-0.15, -0.1) is 11.3 Å². The van der Waals surface area contributed by atoms with E-state index in [1.54, 1.807) is 24.6 Å². The summed E-state index contributed by atoms with van der Waals surface area (Å²) >= 11 is 1.62. The van der Waals surface area contributed by atoms with Crippen LogP contribution < -0.4 is 10.5 Å². The molecule has 0 radical (unpaired) electrons. The third kappa shape index (κ3) is 2.32. The molecule has 0 fully saturated rings. The lowest BCUT2D eigenvalue weighted by Crippen LogP contribution is -2.10. The van der Waals surface area contributed by atoms with Gasteiger partial charge in [-0.3, -0.25) is 4.98 Å². The number of hydrogen-bond acceptors (Lipinski definition) is 4. The molecule has 0 aliphatic rings. The highest BCUT2D eigenvalue weighted by Gasteiger charge is 2.12.